The van der Waals surface area contributed by atoms with Crippen molar-refractivity contribution < 1.29 is 9.59 Å². The molecule has 6 heteroatoms. The largest absolute Gasteiger partial charge is 0.350 e. The molecule has 0 aliphatic rings. The van der Waals surface area contributed by atoms with E-state index in [1.54, 1.807) is 11.8 Å². The van der Waals surface area contributed by atoms with Gasteiger partial charge in [0.1, 0.15) is 6.04 Å². The van der Waals surface area contributed by atoms with Crippen LogP contribution in [0.4, 0.5) is 0 Å². The monoisotopic (exact) mass is 432 g/mol. The summed E-state index contributed by atoms with van der Waals surface area (Å²) >= 11 is 7.55. The first-order chi connectivity index (χ1) is 13.7. The summed E-state index contributed by atoms with van der Waals surface area (Å²) in [6.07, 6.45) is 0. The number of hydrogen-bond donors (Lipinski definition) is 1. The predicted octanol–water partition coefficient (Wildman–Crippen LogP) is 4.91. The molecule has 156 valence electrons. The average Bonchev–Trinajstić information content (AvgIpc) is 2.65. The van der Waals surface area contributed by atoms with E-state index in [0.717, 1.165) is 11.1 Å². The number of thioether (sulfide) groups is 1. The maximum atomic E-state index is 13.0. The zero-order valence-electron chi connectivity index (χ0n) is 17.4. The Bertz CT molecular complexity index is 821. The molecule has 2 rings (SSSR count). The smallest absolute Gasteiger partial charge is 0.242 e. The van der Waals surface area contributed by atoms with Crippen LogP contribution in [0.3, 0.4) is 0 Å². The van der Waals surface area contributed by atoms with Gasteiger partial charge in [-0.05, 0) is 51.0 Å². The number of rotatable bonds is 8. The number of carbonyl (C=O) groups is 2. The van der Waals surface area contributed by atoms with Gasteiger partial charge in [-0.3, -0.25) is 9.59 Å². The van der Waals surface area contributed by atoms with E-state index in [2.05, 4.69) is 5.32 Å². The van der Waals surface area contributed by atoms with Crippen LogP contribution >= 0.6 is 23.4 Å². The van der Waals surface area contributed by atoms with Gasteiger partial charge >= 0.3 is 0 Å². The van der Waals surface area contributed by atoms with E-state index in [9.17, 15) is 9.59 Å². The molecule has 0 aliphatic heterocycles. The number of hydrogen-bond acceptors (Lipinski definition) is 3. The first-order valence-electron chi connectivity index (χ1n) is 9.63. The summed E-state index contributed by atoms with van der Waals surface area (Å²) in [5.74, 6) is 0.777. The molecular weight excluding hydrogens is 404 g/mol. The number of nitrogens with one attached hydrogen (secondary N) is 1. The molecule has 0 spiro atoms. The molecule has 2 aromatic carbocycles. The zero-order valence-corrected chi connectivity index (χ0v) is 19.0. The van der Waals surface area contributed by atoms with Gasteiger partial charge in [0.2, 0.25) is 11.8 Å². The Morgan fingerprint density at radius 2 is 1.72 bits per heavy atom. The third-order valence-corrected chi connectivity index (χ3v) is 5.47. The van der Waals surface area contributed by atoms with Crippen LogP contribution in [0.25, 0.3) is 0 Å². The van der Waals surface area contributed by atoms with Crippen molar-refractivity contribution in [2.45, 2.75) is 51.6 Å². The molecule has 0 aliphatic carbocycles. The molecule has 0 bridgehead atoms. The minimum atomic E-state index is -0.561. The lowest BCUT2D eigenvalue weighted by molar-refractivity contribution is -0.139. The van der Waals surface area contributed by atoms with Gasteiger partial charge in [-0.25, -0.2) is 0 Å². The van der Waals surface area contributed by atoms with E-state index in [4.69, 9.17) is 11.6 Å². The second-order valence-electron chi connectivity index (χ2n) is 8.05. The van der Waals surface area contributed by atoms with Gasteiger partial charge in [-0.2, -0.15) is 0 Å². The predicted molar refractivity (Wildman–Crippen MR) is 122 cm³/mol. The highest BCUT2D eigenvalue weighted by atomic mass is 35.5. The lowest BCUT2D eigenvalue weighted by atomic mass is 10.1. The minimum Gasteiger partial charge on any atom is -0.350 e. The molecular formula is C23H29ClN2O2S. The van der Waals surface area contributed by atoms with Crippen molar-refractivity contribution >= 4 is 35.2 Å². The van der Waals surface area contributed by atoms with Crippen LogP contribution in [0.2, 0.25) is 5.02 Å². The molecule has 0 radical (unpaired) electrons. The summed E-state index contributed by atoms with van der Waals surface area (Å²) in [4.78, 5) is 27.4. The molecule has 0 saturated carbocycles. The van der Waals surface area contributed by atoms with Crippen molar-refractivity contribution in [2.24, 2.45) is 0 Å². The topological polar surface area (TPSA) is 49.4 Å². The van der Waals surface area contributed by atoms with Gasteiger partial charge in [-0.15, -0.1) is 11.8 Å². The van der Waals surface area contributed by atoms with Crippen molar-refractivity contribution in [1.82, 2.24) is 10.2 Å². The first kappa shape index (κ1) is 23.3. The van der Waals surface area contributed by atoms with Crippen molar-refractivity contribution in [2.75, 3.05) is 5.75 Å². The number of carbonyl (C=O) groups excluding carboxylic acids is 2. The minimum absolute atomic E-state index is 0.0579. The van der Waals surface area contributed by atoms with Crippen LogP contribution in [-0.4, -0.2) is 34.0 Å². The fourth-order valence-corrected chi connectivity index (χ4v) is 3.87. The molecule has 0 unspecified atom stereocenters. The Hall–Kier alpha value is -1.98. The number of halogens is 1. The van der Waals surface area contributed by atoms with Gasteiger partial charge < -0.3 is 10.2 Å². The Labute approximate surface area is 183 Å². The van der Waals surface area contributed by atoms with Gasteiger partial charge in [-0.1, -0.05) is 54.1 Å². The second kappa shape index (κ2) is 10.7. The third-order valence-electron chi connectivity index (χ3n) is 4.24. The maximum absolute atomic E-state index is 13.0. The van der Waals surface area contributed by atoms with Gasteiger partial charge in [0, 0.05) is 22.9 Å². The van der Waals surface area contributed by atoms with Crippen LogP contribution in [0.5, 0.6) is 0 Å². The SMILES string of the molecule is C[C@@H](C(=O)NC(C)(C)C)N(Cc1ccccc1)C(=O)CSCc1cccc(Cl)c1. The highest BCUT2D eigenvalue weighted by molar-refractivity contribution is 7.99. The number of benzene rings is 2. The standard InChI is InChI=1S/C23H29ClN2O2S/c1-17(22(28)25-23(2,3)4)26(14-18-9-6-5-7-10-18)21(27)16-29-15-19-11-8-12-20(24)13-19/h5-13,17H,14-16H2,1-4H3,(H,25,28)/t17-/m0/s1. The quantitative estimate of drug-likeness (QED) is 0.645. The summed E-state index contributed by atoms with van der Waals surface area (Å²) in [5.41, 5.74) is 1.72. The Morgan fingerprint density at radius 1 is 1.07 bits per heavy atom. The van der Waals surface area contributed by atoms with Crippen molar-refractivity contribution in [3.8, 4) is 0 Å². The molecule has 0 heterocycles. The first-order valence-corrected chi connectivity index (χ1v) is 11.2. The Morgan fingerprint density at radius 3 is 2.34 bits per heavy atom. The van der Waals surface area contributed by atoms with Crippen LogP contribution in [0.1, 0.15) is 38.8 Å². The van der Waals surface area contributed by atoms with Crippen LogP contribution in [0.15, 0.2) is 54.6 Å². The van der Waals surface area contributed by atoms with Gasteiger partial charge in [0.25, 0.3) is 0 Å². The second-order valence-corrected chi connectivity index (χ2v) is 9.47. The van der Waals surface area contributed by atoms with E-state index in [0.29, 0.717) is 23.1 Å². The van der Waals surface area contributed by atoms with Gasteiger partial charge in [0.15, 0.2) is 0 Å². The molecule has 1 N–H and O–H groups in total. The molecule has 4 nitrogen and oxygen atoms in total. The van der Waals surface area contributed by atoms with Crippen LogP contribution < -0.4 is 5.32 Å². The molecule has 0 saturated heterocycles. The summed E-state index contributed by atoms with van der Waals surface area (Å²) in [6.45, 7) is 7.98. The van der Waals surface area contributed by atoms with E-state index < -0.39 is 6.04 Å². The Balaban J connectivity index is 2.06. The summed E-state index contributed by atoms with van der Waals surface area (Å²) in [5, 5.41) is 3.66. The summed E-state index contributed by atoms with van der Waals surface area (Å²) in [6, 6.07) is 16.8. The number of nitrogens with zero attached hydrogens (tertiary/aromatic N) is 1. The fourth-order valence-electron chi connectivity index (χ4n) is 2.80. The van der Waals surface area contributed by atoms with E-state index in [-0.39, 0.29) is 17.4 Å². The molecule has 0 fully saturated rings. The van der Waals surface area contributed by atoms with Crippen molar-refractivity contribution in [1.29, 1.82) is 0 Å². The highest BCUT2D eigenvalue weighted by Crippen LogP contribution is 2.18. The lowest BCUT2D eigenvalue weighted by Crippen LogP contribution is -2.52. The lowest BCUT2D eigenvalue weighted by Gasteiger charge is -2.31. The average molecular weight is 433 g/mol. The van der Waals surface area contributed by atoms with Crippen LogP contribution in [-0.2, 0) is 21.9 Å². The zero-order chi connectivity index (χ0) is 21.4. The fraction of sp³-hybridized carbons (Fsp3) is 0.391. The summed E-state index contributed by atoms with van der Waals surface area (Å²) in [7, 11) is 0. The molecule has 29 heavy (non-hydrogen) atoms. The van der Waals surface area contributed by atoms with E-state index in [1.807, 2.05) is 75.4 Å². The molecule has 2 aromatic rings. The van der Waals surface area contributed by atoms with E-state index >= 15 is 0 Å². The number of amides is 2. The van der Waals surface area contributed by atoms with Crippen molar-refractivity contribution in [3.05, 3.63) is 70.7 Å². The van der Waals surface area contributed by atoms with Gasteiger partial charge in [0.05, 0.1) is 5.75 Å². The van der Waals surface area contributed by atoms with E-state index in [1.165, 1.54) is 11.8 Å². The van der Waals surface area contributed by atoms with Crippen molar-refractivity contribution in [3.63, 3.8) is 0 Å². The molecule has 0 aromatic heterocycles. The summed E-state index contributed by atoms with van der Waals surface area (Å²) < 4.78 is 0. The molecule has 1 atom stereocenters. The normalized spacial score (nSPS) is 12.3. The maximum Gasteiger partial charge on any atom is 0.242 e. The Kier molecular flexibility index (Phi) is 8.60. The highest BCUT2D eigenvalue weighted by Gasteiger charge is 2.28. The van der Waals surface area contributed by atoms with Crippen LogP contribution in [0, 0.1) is 0 Å². The third kappa shape index (κ3) is 8.11. The molecule has 2 amide bonds.